The molecule has 2 heteroatoms. The minimum absolute atomic E-state index is 0.155. The maximum Gasteiger partial charge on any atom is 0.137 e. The summed E-state index contributed by atoms with van der Waals surface area (Å²) < 4.78 is 0. The first kappa shape index (κ1) is 8.03. The van der Waals surface area contributed by atoms with E-state index in [0.29, 0.717) is 12.2 Å². The van der Waals surface area contributed by atoms with Crippen LogP contribution in [0.1, 0.15) is 32.1 Å². The van der Waals surface area contributed by atoms with Gasteiger partial charge in [0.2, 0.25) is 0 Å². The zero-order valence-electron chi connectivity index (χ0n) is 8.62. The number of allylic oxidation sites excluding steroid dienone is 4. The SMILES string of the molecule is O=C1CC=C2N=C3C=CCCC34CC24C1. The Hall–Kier alpha value is -1.18. The molecule has 0 amide bonds. The minimum atomic E-state index is 0.155. The van der Waals surface area contributed by atoms with Crippen molar-refractivity contribution in [1.82, 2.24) is 0 Å². The van der Waals surface area contributed by atoms with E-state index in [4.69, 9.17) is 4.99 Å². The fourth-order valence-electron chi connectivity index (χ4n) is 3.85. The van der Waals surface area contributed by atoms with E-state index in [9.17, 15) is 4.79 Å². The molecule has 0 N–H and O–H groups in total. The van der Waals surface area contributed by atoms with Gasteiger partial charge in [-0.3, -0.25) is 9.79 Å². The van der Waals surface area contributed by atoms with Crippen LogP contribution in [0.2, 0.25) is 0 Å². The van der Waals surface area contributed by atoms with Crippen LogP contribution in [0.4, 0.5) is 0 Å². The fraction of sp³-hybridized carbons (Fsp3) is 0.538. The van der Waals surface area contributed by atoms with E-state index in [1.807, 2.05) is 0 Å². The van der Waals surface area contributed by atoms with Gasteiger partial charge in [-0.25, -0.2) is 0 Å². The van der Waals surface area contributed by atoms with Crippen molar-refractivity contribution in [3.05, 3.63) is 23.9 Å². The largest absolute Gasteiger partial charge is 0.299 e. The molecule has 0 radical (unpaired) electrons. The highest BCUT2D eigenvalue weighted by Gasteiger charge is 2.74. The van der Waals surface area contributed by atoms with Gasteiger partial charge in [0.15, 0.2) is 0 Å². The summed E-state index contributed by atoms with van der Waals surface area (Å²) in [6.07, 6.45) is 11.4. The summed E-state index contributed by atoms with van der Waals surface area (Å²) in [7, 11) is 0. The molecule has 15 heavy (non-hydrogen) atoms. The van der Waals surface area contributed by atoms with E-state index in [1.54, 1.807) is 0 Å². The van der Waals surface area contributed by atoms with Crippen LogP contribution in [-0.4, -0.2) is 11.5 Å². The summed E-state index contributed by atoms with van der Waals surface area (Å²) in [4.78, 5) is 16.3. The Morgan fingerprint density at radius 2 is 2.27 bits per heavy atom. The summed E-state index contributed by atoms with van der Waals surface area (Å²) in [6, 6.07) is 0. The van der Waals surface area contributed by atoms with Crippen molar-refractivity contribution in [1.29, 1.82) is 0 Å². The van der Waals surface area contributed by atoms with E-state index < -0.39 is 0 Å². The maximum absolute atomic E-state index is 11.6. The Morgan fingerprint density at radius 1 is 1.33 bits per heavy atom. The molecule has 0 bridgehead atoms. The molecular formula is C13H13NO. The van der Waals surface area contributed by atoms with Crippen LogP contribution < -0.4 is 0 Å². The lowest BCUT2D eigenvalue weighted by molar-refractivity contribution is -0.119. The third-order valence-corrected chi connectivity index (χ3v) is 4.65. The zero-order valence-corrected chi connectivity index (χ0v) is 8.62. The summed E-state index contributed by atoms with van der Waals surface area (Å²) in [5.41, 5.74) is 2.92. The number of hydrogen-bond acceptors (Lipinski definition) is 2. The van der Waals surface area contributed by atoms with Gasteiger partial charge >= 0.3 is 0 Å². The Balaban J connectivity index is 1.90. The average molecular weight is 199 g/mol. The molecule has 1 heterocycles. The third-order valence-electron chi connectivity index (χ3n) is 4.65. The van der Waals surface area contributed by atoms with E-state index in [2.05, 4.69) is 18.2 Å². The highest BCUT2D eigenvalue weighted by atomic mass is 16.1. The summed E-state index contributed by atoms with van der Waals surface area (Å²) >= 11 is 0. The number of rotatable bonds is 0. The molecule has 2 unspecified atom stereocenters. The molecule has 4 rings (SSSR count). The van der Waals surface area contributed by atoms with Gasteiger partial charge in [0.25, 0.3) is 0 Å². The summed E-state index contributed by atoms with van der Waals surface area (Å²) in [5, 5.41) is 0. The van der Waals surface area contributed by atoms with Crippen LogP contribution in [0, 0.1) is 10.8 Å². The molecule has 2 atom stereocenters. The van der Waals surface area contributed by atoms with Gasteiger partial charge in [-0.15, -0.1) is 0 Å². The lowest BCUT2D eigenvalue weighted by atomic mass is 9.78. The van der Waals surface area contributed by atoms with Crippen molar-refractivity contribution in [2.75, 3.05) is 0 Å². The van der Waals surface area contributed by atoms with Crippen LogP contribution in [-0.2, 0) is 4.79 Å². The average Bonchev–Trinajstić information content (AvgIpc) is 2.74. The molecule has 2 spiro atoms. The Bertz CT molecular complexity index is 471. The summed E-state index contributed by atoms with van der Waals surface area (Å²) in [6.45, 7) is 0. The number of nitrogens with zero attached hydrogens (tertiary/aromatic N) is 1. The van der Waals surface area contributed by atoms with Crippen LogP contribution >= 0.6 is 0 Å². The second-order valence-electron chi connectivity index (χ2n) is 5.29. The molecule has 0 aromatic heterocycles. The second kappa shape index (κ2) is 2.16. The molecule has 1 aliphatic heterocycles. The lowest BCUT2D eigenvalue weighted by Gasteiger charge is -2.22. The first-order chi connectivity index (χ1) is 7.27. The van der Waals surface area contributed by atoms with E-state index in [-0.39, 0.29) is 10.8 Å². The lowest BCUT2D eigenvalue weighted by Crippen LogP contribution is -2.23. The molecule has 3 aliphatic carbocycles. The topological polar surface area (TPSA) is 29.4 Å². The van der Waals surface area contributed by atoms with Gasteiger partial charge in [-0.1, -0.05) is 12.2 Å². The van der Waals surface area contributed by atoms with E-state index in [1.165, 1.54) is 24.3 Å². The van der Waals surface area contributed by atoms with Crippen molar-refractivity contribution >= 4 is 11.5 Å². The molecule has 0 aromatic rings. The highest BCUT2D eigenvalue weighted by molar-refractivity contribution is 6.08. The first-order valence-corrected chi connectivity index (χ1v) is 5.75. The van der Waals surface area contributed by atoms with E-state index in [0.717, 1.165) is 12.8 Å². The summed E-state index contributed by atoms with van der Waals surface area (Å²) in [5.74, 6) is 0.404. The number of Topliss-reactive ketones (excluding diaryl/α,β-unsaturated/α-hetero) is 1. The van der Waals surface area contributed by atoms with Crippen LogP contribution in [0.5, 0.6) is 0 Å². The van der Waals surface area contributed by atoms with Crippen LogP contribution in [0.15, 0.2) is 28.9 Å². The molecule has 1 fully saturated rings. The first-order valence-electron chi connectivity index (χ1n) is 5.75. The number of hydrogen-bond donors (Lipinski definition) is 0. The van der Waals surface area contributed by atoms with Crippen LogP contribution in [0.3, 0.4) is 0 Å². The van der Waals surface area contributed by atoms with Crippen molar-refractivity contribution < 1.29 is 4.79 Å². The Kier molecular flexibility index (Phi) is 1.15. The molecule has 1 saturated carbocycles. The number of aliphatic imine (C=N–C) groups is 1. The predicted molar refractivity (Wildman–Crippen MR) is 57.6 cm³/mol. The van der Waals surface area contributed by atoms with Crippen molar-refractivity contribution in [2.45, 2.75) is 32.1 Å². The molecule has 76 valence electrons. The maximum atomic E-state index is 11.6. The smallest absolute Gasteiger partial charge is 0.137 e. The molecule has 2 nitrogen and oxygen atoms in total. The normalized spacial score (nSPS) is 45.2. The standard InChI is InChI=1S/C13H13NO/c15-9-4-5-11-13(7-9)8-12(13)6-2-1-3-10(12)14-11/h1,3,5H,2,4,6-8H2. The van der Waals surface area contributed by atoms with E-state index >= 15 is 0 Å². The molecule has 4 aliphatic rings. The monoisotopic (exact) mass is 199 g/mol. The number of carbonyl (C=O) groups excluding carboxylic acids is 1. The Labute approximate surface area is 88.8 Å². The Morgan fingerprint density at radius 3 is 3.20 bits per heavy atom. The van der Waals surface area contributed by atoms with Gasteiger partial charge in [-0.05, 0) is 25.3 Å². The van der Waals surface area contributed by atoms with Gasteiger partial charge in [0, 0.05) is 35.1 Å². The van der Waals surface area contributed by atoms with Crippen molar-refractivity contribution in [3.63, 3.8) is 0 Å². The minimum Gasteiger partial charge on any atom is -0.299 e. The third kappa shape index (κ3) is 0.715. The van der Waals surface area contributed by atoms with Gasteiger partial charge in [0.05, 0.1) is 0 Å². The second-order valence-corrected chi connectivity index (χ2v) is 5.29. The quantitative estimate of drug-likeness (QED) is 0.589. The van der Waals surface area contributed by atoms with Gasteiger partial charge in [-0.2, -0.15) is 0 Å². The number of ketones is 1. The zero-order chi connectivity index (χ0) is 10.1. The van der Waals surface area contributed by atoms with Crippen LogP contribution in [0.25, 0.3) is 0 Å². The molecule has 0 saturated heterocycles. The molecular weight excluding hydrogens is 186 g/mol. The van der Waals surface area contributed by atoms with Crippen molar-refractivity contribution in [3.8, 4) is 0 Å². The fourth-order valence-corrected chi connectivity index (χ4v) is 3.85. The number of carbonyl (C=O) groups is 1. The van der Waals surface area contributed by atoms with Gasteiger partial charge < -0.3 is 0 Å². The predicted octanol–water partition coefficient (Wildman–Crippen LogP) is 2.41. The van der Waals surface area contributed by atoms with Gasteiger partial charge in [0.1, 0.15) is 5.78 Å². The van der Waals surface area contributed by atoms with Crippen molar-refractivity contribution in [2.24, 2.45) is 15.8 Å². The molecule has 0 aromatic carbocycles. The highest BCUT2D eigenvalue weighted by Crippen LogP contribution is 2.77.